The number of fused-ring (bicyclic) bond motifs is 1. The Morgan fingerprint density at radius 3 is 2.74 bits per heavy atom. The molecule has 8 heteroatoms. The van der Waals surface area contributed by atoms with Gasteiger partial charge in [0.1, 0.15) is 5.75 Å². The summed E-state index contributed by atoms with van der Waals surface area (Å²) >= 11 is 1.39. The molecule has 31 heavy (non-hydrogen) atoms. The lowest BCUT2D eigenvalue weighted by Gasteiger charge is -2.25. The number of amidine groups is 1. The third-order valence-electron chi connectivity index (χ3n) is 5.35. The van der Waals surface area contributed by atoms with Gasteiger partial charge in [0.25, 0.3) is 5.91 Å². The SMILES string of the molecule is CCCCOc1cccc(N2C(=NC(=O)Cc3ccccc3)S[C@H]3CS(=O)(=O)C[C@@H]32)c1. The summed E-state index contributed by atoms with van der Waals surface area (Å²) in [5.41, 5.74) is 1.71. The van der Waals surface area contributed by atoms with Crippen LogP contribution < -0.4 is 9.64 Å². The van der Waals surface area contributed by atoms with Crippen LogP contribution in [0, 0.1) is 0 Å². The standard InChI is InChI=1S/C23H26N2O4S2/c1-2-3-12-29-19-11-7-10-18(14-19)25-20-15-31(27,28)16-21(20)30-23(25)24-22(26)13-17-8-5-4-6-9-17/h4-11,14,20-21H,2-3,12-13,15-16H2,1H3/t20-,21-/m0/s1. The highest BCUT2D eigenvalue weighted by Crippen LogP contribution is 2.41. The molecule has 0 bridgehead atoms. The van der Waals surface area contributed by atoms with E-state index in [2.05, 4.69) is 11.9 Å². The van der Waals surface area contributed by atoms with Crippen LogP contribution in [0.2, 0.25) is 0 Å². The first-order valence-corrected chi connectivity index (χ1v) is 13.2. The van der Waals surface area contributed by atoms with Crippen molar-refractivity contribution in [2.75, 3.05) is 23.0 Å². The van der Waals surface area contributed by atoms with Crippen LogP contribution in [0.3, 0.4) is 0 Å². The van der Waals surface area contributed by atoms with Crippen molar-refractivity contribution in [3.8, 4) is 5.75 Å². The number of ether oxygens (including phenoxy) is 1. The number of rotatable bonds is 7. The average molecular weight is 459 g/mol. The minimum Gasteiger partial charge on any atom is -0.494 e. The molecule has 4 rings (SSSR count). The molecule has 0 unspecified atom stereocenters. The number of aliphatic imine (C=N–C) groups is 1. The molecule has 2 saturated heterocycles. The zero-order chi connectivity index (χ0) is 21.8. The van der Waals surface area contributed by atoms with Crippen molar-refractivity contribution in [1.82, 2.24) is 0 Å². The Bertz CT molecular complexity index is 1070. The van der Waals surface area contributed by atoms with E-state index in [0.29, 0.717) is 11.8 Å². The number of amides is 1. The van der Waals surface area contributed by atoms with Gasteiger partial charge in [-0.05, 0) is 24.1 Å². The Morgan fingerprint density at radius 2 is 1.97 bits per heavy atom. The molecule has 0 aliphatic carbocycles. The Morgan fingerprint density at radius 1 is 1.16 bits per heavy atom. The minimum atomic E-state index is -3.11. The molecular weight excluding hydrogens is 432 g/mol. The van der Waals surface area contributed by atoms with Gasteiger partial charge in [-0.1, -0.05) is 61.5 Å². The normalized spacial score (nSPS) is 23.1. The molecule has 2 fully saturated rings. The second-order valence-corrected chi connectivity index (χ2v) is 11.2. The molecule has 2 atom stereocenters. The third kappa shape index (κ3) is 5.30. The zero-order valence-corrected chi connectivity index (χ0v) is 19.1. The quantitative estimate of drug-likeness (QED) is 0.589. The number of thioether (sulfide) groups is 1. The largest absolute Gasteiger partial charge is 0.494 e. The van der Waals surface area contributed by atoms with Crippen LogP contribution in [-0.4, -0.2) is 48.9 Å². The van der Waals surface area contributed by atoms with E-state index in [4.69, 9.17) is 4.74 Å². The first kappa shape index (κ1) is 21.9. The van der Waals surface area contributed by atoms with Crippen molar-refractivity contribution < 1.29 is 17.9 Å². The Kier molecular flexibility index (Phi) is 6.67. The van der Waals surface area contributed by atoms with Gasteiger partial charge in [-0.2, -0.15) is 4.99 Å². The zero-order valence-electron chi connectivity index (χ0n) is 17.4. The summed E-state index contributed by atoms with van der Waals surface area (Å²) in [5, 5.41) is 0.439. The lowest BCUT2D eigenvalue weighted by Crippen LogP contribution is -2.37. The molecule has 0 aromatic heterocycles. The molecule has 0 radical (unpaired) electrons. The van der Waals surface area contributed by atoms with E-state index in [-0.39, 0.29) is 35.1 Å². The van der Waals surface area contributed by atoms with E-state index in [1.807, 2.05) is 59.5 Å². The Balaban J connectivity index is 1.61. The number of unbranched alkanes of at least 4 members (excludes halogenated alkanes) is 1. The molecule has 1 amide bonds. The molecule has 2 aliphatic rings. The van der Waals surface area contributed by atoms with Gasteiger partial charge in [-0.3, -0.25) is 4.79 Å². The van der Waals surface area contributed by atoms with Gasteiger partial charge in [0.05, 0.1) is 30.6 Å². The van der Waals surface area contributed by atoms with E-state index in [0.717, 1.165) is 29.8 Å². The number of benzene rings is 2. The van der Waals surface area contributed by atoms with Gasteiger partial charge in [0.2, 0.25) is 0 Å². The van der Waals surface area contributed by atoms with Crippen LogP contribution in [0.15, 0.2) is 59.6 Å². The minimum absolute atomic E-state index is 0.0669. The highest BCUT2D eigenvalue weighted by Gasteiger charge is 2.49. The summed E-state index contributed by atoms with van der Waals surface area (Å²) in [7, 11) is -3.11. The maximum absolute atomic E-state index is 12.7. The van der Waals surface area contributed by atoms with E-state index in [9.17, 15) is 13.2 Å². The van der Waals surface area contributed by atoms with Gasteiger partial charge in [-0.15, -0.1) is 0 Å². The highest BCUT2D eigenvalue weighted by atomic mass is 32.2. The van der Waals surface area contributed by atoms with Crippen LogP contribution in [0.25, 0.3) is 0 Å². The van der Waals surface area contributed by atoms with E-state index < -0.39 is 9.84 Å². The number of hydrogen-bond donors (Lipinski definition) is 0. The molecular formula is C23H26N2O4S2. The molecule has 2 heterocycles. The predicted octanol–water partition coefficient (Wildman–Crippen LogP) is 3.71. The number of nitrogens with zero attached hydrogens (tertiary/aromatic N) is 2. The molecule has 2 aliphatic heterocycles. The maximum atomic E-state index is 12.7. The van der Waals surface area contributed by atoms with Crippen LogP contribution in [-0.2, 0) is 21.1 Å². The van der Waals surface area contributed by atoms with Crippen molar-refractivity contribution in [3.63, 3.8) is 0 Å². The van der Waals surface area contributed by atoms with E-state index in [1.54, 1.807) is 0 Å². The van der Waals surface area contributed by atoms with Crippen LogP contribution >= 0.6 is 11.8 Å². The third-order valence-corrected chi connectivity index (χ3v) is 8.56. The van der Waals surface area contributed by atoms with Crippen LogP contribution in [0.1, 0.15) is 25.3 Å². The first-order valence-electron chi connectivity index (χ1n) is 10.5. The van der Waals surface area contributed by atoms with Crippen molar-refractivity contribution >= 4 is 38.4 Å². The molecule has 164 valence electrons. The number of anilines is 1. The summed E-state index contributed by atoms with van der Waals surface area (Å²) in [6.07, 6.45) is 2.23. The number of carbonyl (C=O) groups is 1. The number of carbonyl (C=O) groups excluding carboxylic acids is 1. The summed E-state index contributed by atoms with van der Waals surface area (Å²) in [5.74, 6) is 0.668. The van der Waals surface area contributed by atoms with Crippen molar-refractivity contribution in [2.45, 2.75) is 37.5 Å². The lowest BCUT2D eigenvalue weighted by atomic mass is 10.1. The molecule has 0 N–H and O–H groups in total. The Hall–Kier alpha value is -2.32. The van der Waals surface area contributed by atoms with Crippen LogP contribution in [0.5, 0.6) is 5.75 Å². The second kappa shape index (κ2) is 9.44. The van der Waals surface area contributed by atoms with Gasteiger partial charge in [-0.25, -0.2) is 8.42 Å². The van der Waals surface area contributed by atoms with Gasteiger partial charge in [0.15, 0.2) is 15.0 Å². The van der Waals surface area contributed by atoms with E-state index >= 15 is 0 Å². The van der Waals surface area contributed by atoms with Crippen molar-refractivity contribution in [3.05, 3.63) is 60.2 Å². The van der Waals surface area contributed by atoms with E-state index in [1.165, 1.54) is 11.8 Å². The molecule has 2 aromatic rings. The molecule has 2 aromatic carbocycles. The smallest absolute Gasteiger partial charge is 0.252 e. The average Bonchev–Trinajstić information content (AvgIpc) is 3.19. The van der Waals surface area contributed by atoms with Crippen molar-refractivity contribution in [2.24, 2.45) is 4.99 Å². The highest BCUT2D eigenvalue weighted by molar-refractivity contribution is 8.16. The summed E-state index contributed by atoms with van der Waals surface area (Å²) in [6.45, 7) is 2.74. The van der Waals surface area contributed by atoms with Gasteiger partial charge >= 0.3 is 0 Å². The Labute approximate surface area is 187 Å². The summed E-state index contributed by atoms with van der Waals surface area (Å²) < 4.78 is 30.4. The molecule has 0 spiro atoms. The first-order chi connectivity index (χ1) is 14.9. The fourth-order valence-corrected chi connectivity index (χ4v) is 7.77. The lowest BCUT2D eigenvalue weighted by molar-refractivity contribution is -0.117. The van der Waals surface area contributed by atoms with Crippen molar-refractivity contribution in [1.29, 1.82) is 0 Å². The fraction of sp³-hybridized carbons (Fsp3) is 0.391. The summed E-state index contributed by atoms with van der Waals surface area (Å²) in [4.78, 5) is 19.0. The molecule has 0 saturated carbocycles. The van der Waals surface area contributed by atoms with Gasteiger partial charge in [0, 0.05) is 17.0 Å². The number of sulfone groups is 1. The monoisotopic (exact) mass is 458 g/mol. The predicted molar refractivity (Wildman–Crippen MR) is 126 cm³/mol. The topological polar surface area (TPSA) is 76.0 Å². The number of hydrogen-bond acceptors (Lipinski definition) is 5. The molecule has 6 nitrogen and oxygen atoms in total. The summed E-state index contributed by atoms with van der Waals surface area (Å²) in [6, 6.07) is 16.9. The maximum Gasteiger partial charge on any atom is 0.252 e. The fourth-order valence-electron chi connectivity index (χ4n) is 3.84. The van der Waals surface area contributed by atoms with Crippen LogP contribution in [0.4, 0.5) is 5.69 Å². The van der Waals surface area contributed by atoms with Gasteiger partial charge < -0.3 is 9.64 Å². The second-order valence-electron chi connectivity index (χ2n) is 7.82.